The summed E-state index contributed by atoms with van der Waals surface area (Å²) in [5.41, 5.74) is 11.7. The molecule has 0 aromatic carbocycles. The molecule has 0 aliphatic carbocycles. The van der Waals surface area contributed by atoms with Crippen LogP contribution in [0.4, 0.5) is 0 Å². The van der Waals surface area contributed by atoms with Crippen LogP contribution in [-0.2, 0) is 33.0 Å². The Bertz CT molecular complexity index is 1950. The lowest BCUT2D eigenvalue weighted by Gasteiger charge is -2.25. The van der Waals surface area contributed by atoms with Gasteiger partial charge in [-0.1, -0.05) is 21.3 Å². The molecule has 338 valence electrons. The molecular formula is C47H75Cl3N6O4. The van der Waals surface area contributed by atoms with Gasteiger partial charge < -0.3 is 18.3 Å². The van der Waals surface area contributed by atoms with Gasteiger partial charge in [0, 0.05) is 90.4 Å². The fourth-order valence-corrected chi connectivity index (χ4v) is 7.01. The van der Waals surface area contributed by atoms with Gasteiger partial charge in [0.25, 0.3) is 0 Å². The Kier molecular flexibility index (Phi) is 26.0. The molecule has 60 heavy (non-hydrogen) atoms. The van der Waals surface area contributed by atoms with Gasteiger partial charge in [0.05, 0.1) is 24.8 Å². The van der Waals surface area contributed by atoms with Crippen LogP contribution in [0.3, 0.4) is 0 Å². The first-order valence-electron chi connectivity index (χ1n) is 20.1. The van der Waals surface area contributed by atoms with Crippen molar-refractivity contribution in [1.29, 1.82) is 0 Å². The number of halogens is 3. The van der Waals surface area contributed by atoms with Crippen molar-refractivity contribution in [3.63, 3.8) is 0 Å². The standard InChI is InChI=1S/C14H22N2O.C13H20N2O.C9H12ClNO.C7H11N.C2H2Cl2O.2CH4/c1-11-9-13(12(2)15(11)3)14(17)10-16-7-5-4-6-8-16;1-10-8-12(11(2)14(10)3)13(16)9-15-6-4-5-7-15;1-6-4-8(9(12)5-10)7(2)11(6)3;1-6-4-5-7(2)8(6)3;3-1-2(4)5;;/h9H,4-8,10H2,1-3H3;8H,4-7,9H2,1-3H3;4H,5H2,1-3H3;4-5H,1-3H3;1H2;2*1H4. The van der Waals surface area contributed by atoms with Crippen LogP contribution < -0.4 is 0 Å². The van der Waals surface area contributed by atoms with Crippen LogP contribution in [0, 0.1) is 55.4 Å². The second-order valence-corrected chi connectivity index (χ2v) is 16.4. The average Bonchev–Trinajstić information content (AvgIpc) is 4.01. The number of hydrogen-bond donors (Lipinski definition) is 0. The summed E-state index contributed by atoms with van der Waals surface area (Å²) in [5, 5.41) is -0.508. The van der Waals surface area contributed by atoms with E-state index in [0.717, 1.165) is 77.0 Å². The monoisotopic (exact) mass is 892 g/mol. The largest absolute Gasteiger partial charge is 0.352 e. The highest BCUT2D eigenvalue weighted by Gasteiger charge is 2.20. The van der Waals surface area contributed by atoms with Crippen LogP contribution in [0.2, 0.25) is 0 Å². The molecule has 4 aromatic heterocycles. The van der Waals surface area contributed by atoms with E-state index in [4.69, 9.17) is 34.8 Å². The van der Waals surface area contributed by atoms with Crippen LogP contribution in [0.5, 0.6) is 0 Å². The predicted octanol–water partition coefficient (Wildman–Crippen LogP) is 10.2. The summed E-state index contributed by atoms with van der Waals surface area (Å²) in [5.74, 6) is 0.500. The van der Waals surface area contributed by atoms with E-state index in [9.17, 15) is 19.2 Å². The number of aromatic nitrogens is 4. The second-order valence-electron chi connectivity index (χ2n) is 15.4. The molecule has 4 aromatic rings. The van der Waals surface area contributed by atoms with E-state index >= 15 is 0 Å². The summed E-state index contributed by atoms with van der Waals surface area (Å²) >= 11 is 15.0. The van der Waals surface area contributed by atoms with Gasteiger partial charge in [-0.2, -0.15) is 0 Å². The summed E-state index contributed by atoms with van der Waals surface area (Å²) in [7, 11) is 8.04. The zero-order chi connectivity index (χ0) is 43.9. The van der Waals surface area contributed by atoms with E-state index < -0.39 is 5.24 Å². The van der Waals surface area contributed by atoms with Gasteiger partial charge in [0.1, 0.15) is 0 Å². The number of nitrogens with zero attached hydrogens (tertiary/aromatic N) is 6. The fourth-order valence-electron chi connectivity index (χ4n) is 6.86. The van der Waals surface area contributed by atoms with Crippen LogP contribution in [0.25, 0.3) is 0 Å². The fraction of sp³-hybridized carbons (Fsp3) is 0.574. The van der Waals surface area contributed by atoms with Gasteiger partial charge >= 0.3 is 0 Å². The molecule has 0 radical (unpaired) electrons. The maximum absolute atomic E-state index is 12.2. The molecular weight excluding hydrogens is 819 g/mol. The zero-order valence-corrected chi connectivity index (χ0v) is 39.3. The number of carbonyl (C=O) groups excluding carboxylic acids is 4. The normalized spacial score (nSPS) is 13.4. The van der Waals surface area contributed by atoms with E-state index in [1.807, 2.05) is 85.5 Å². The first-order valence-corrected chi connectivity index (χ1v) is 21.5. The molecule has 0 bridgehead atoms. The van der Waals surface area contributed by atoms with Crippen molar-refractivity contribution in [3.8, 4) is 0 Å². The minimum atomic E-state index is -0.508. The summed E-state index contributed by atoms with van der Waals surface area (Å²) < 4.78 is 8.32. The number of alkyl halides is 2. The Morgan fingerprint density at radius 3 is 0.967 bits per heavy atom. The third kappa shape index (κ3) is 16.8. The minimum Gasteiger partial charge on any atom is -0.352 e. The number of rotatable bonds is 9. The molecule has 6 heterocycles. The zero-order valence-electron chi connectivity index (χ0n) is 37.0. The van der Waals surface area contributed by atoms with Gasteiger partial charge in [0.15, 0.2) is 17.3 Å². The molecule has 0 saturated carbocycles. The van der Waals surface area contributed by atoms with Gasteiger partial charge in [-0.15, -0.1) is 23.2 Å². The molecule has 0 atom stereocenters. The van der Waals surface area contributed by atoms with Crippen molar-refractivity contribution in [2.45, 2.75) is 102 Å². The Morgan fingerprint density at radius 1 is 0.467 bits per heavy atom. The molecule has 10 nitrogen and oxygen atoms in total. The van der Waals surface area contributed by atoms with E-state index in [1.54, 1.807) is 0 Å². The number of piperidine rings is 1. The summed E-state index contributed by atoms with van der Waals surface area (Å²) in [6.07, 6.45) is 6.26. The number of ketones is 3. The first-order chi connectivity index (χ1) is 27.2. The van der Waals surface area contributed by atoms with Crippen LogP contribution in [-0.4, -0.2) is 102 Å². The van der Waals surface area contributed by atoms with Crippen molar-refractivity contribution < 1.29 is 19.2 Å². The van der Waals surface area contributed by atoms with E-state index in [-0.39, 0.29) is 44.0 Å². The topological polar surface area (TPSA) is 94.5 Å². The number of hydrogen-bond acceptors (Lipinski definition) is 6. The molecule has 2 aliphatic rings. The number of likely N-dealkylation sites (tertiary alicyclic amines) is 2. The lowest BCUT2D eigenvalue weighted by atomic mass is 10.1. The molecule has 2 saturated heterocycles. The predicted molar refractivity (Wildman–Crippen MR) is 254 cm³/mol. The molecule has 2 fully saturated rings. The van der Waals surface area contributed by atoms with E-state index in [0.29, 0.717) is 13.1 Å². The van der Waals surface area contributed by atoms with Crippen molar-refractivity contribution in [3.05, 3.63) is 92.6 Å². The number of carbonyl (C=O) groups is 4. The highest BCUT2D eigenvalue weighted by molar-refractivity contribution is 6.67. The van der Waals surface area contributed by atoms with Crippen LogP contribution in [0.15, 0.2) is 30.3 Å². The van der Waals surface area contributed by atoms with E-state index in [2.05, 4.69) is 56.5 Å². The molecule has 2 aliphatic heterocycles. The smallest absolute Gasteiger partial charge is 0.236 e. The summed E-state index contributed by atoms with van der Waals surface area (Å²) in [6.45, 7) is 21.7. The van der Waals surface area contributed by atoms with Gasteiger partial charge in [0.2, 0.25) is 5.24 Å². The summed E-state index contributed by atoms with van der Waals surface area (Å²) in [4.78, 5) is 49.6. The second kappa shape index (κ2) is 27.5. The third-order valence-corrected chi connectivity index (χ3v) is 12.2. The minimum absolute atomic E-state index is 0. The van der Waals surface area contributed by atoms with Gasteiger partial charge in [-0.25, -0.2) is 0 Å². The first kappa shape index (κ1) is 56.6. The van der Waals surface area contributed by atoms with E-state index in [1.165, 1.54) is 43.5 Å². The molecule has 6 rings (SSSR count). The average molecular weight is 895 g/mol. The molecule has 0 N–H and O–H groups in total. The van der Waals surface area contributed by atoms with Crippen molar-refractivity contribution in [1.82, 2.24) is 28.1 Å². The maximum Gasteiger partial charge on any atom is 0.236 e. The Morgan fingerprint density at radius 2 is 0.750 bits per heavy atom. The molecule has 13 heteroatoms. The SMILES string of the molecule is C.C.Cc1cc(C(=O)CCl)c(C)n1C.Cc1cc(C(=O)CN2CCCC2)c(C)n1C.Cc1cc(C(=O)CN2CCCCC2)c(C)n1C.Cc1ccc(C)n1C.O=C(Cl)CCl. The van der Waals surface area contributed by atoms with Crippen LogP contribution >= 0.6 is 34.8 Å². The maximum atomic E-state index is 12.2. The van der Waals surface area contributed by atoms with Crippen molar-refractivity contribution in [2.75, 3.05) is 51.0 Å². The van der Waals surface area contributed by atoms with Gasteiger partial charge in [-0.05, 0) is 149 Å². The number of Topliss-reactive ketones (excluding diaryl/α,β-unsaturated/α-hetero) is 3. The lowest BCUT2D eigenvalue weighted by molar-refractivity contribution is -0.109. The lowest BCUT2D eigenvalue weighted by Crippen LogP contribution is -2.34. The third-order valence-electron chi connectivity index (χ3n) is 11.5. The highest BCUT2D eigenvalue weighted by Crippen LogP contribution is 2.18. The number of aryl methyl sites for hydroxylation is 5. The molecule has 0 unspecified atom stereocenters. The summed E-state index contributed by atoms with van der Waals surface area (Å²) in [6, 6.07) is 10.1. The van der Waals surface area contributed by atoms with Crippen LogP contribution in [0.1, 0.15) is 124 Å². The quantitative estimate of drug-likeness (QED) is 0.0944. The molecule has 0 spiro atoms. The Labute approximate surface area is 377 Å². The Hall–Kier alpha value is -3.41. The Balaban J connectivity index is 0.000000756. The van der Waals surface area contributed by atoms with Gasteiger partial charge in [-0.3, -0.25) is 29.0 Å². The van der Waals surface area contributed by atoms with Crippen molar-refractivity contribution >= 4 is 57.4 Å². The molecule has 0 amide bonds. The van der Waals surface area contributed by atoms with Crippen molar-refractivity contribution in [2.24, 2.45) is 28.2 Å². The highest BCUT2D eigenvalue weighted by atomic mass is 35.5.